The lowest BCUT2D eigenvalue weighted by molar-refractivity contribution is -0.125. The lowest BCUT2D eigenvalue weighted by Crippen LogP contribution is -2.45. The van der Waals surface area contributed by atoms with Crippen molar-refractivity contribution in [1.29, 1.82) is 0 Å². The van der Waals surface area contributed by atoms with E-state index in [0.717, 1.165) is 23.4 Å². The number of anilines is 1. The Hall–Kier alpha value is -1.59. The van der Waals surface area contributed by atoms with Gasteiger partial charge < -0.3 is 21.1 Å². The Morgan fingerprint density at radius 3 is 2.83 bits per heavy atom. The molecule has 1 aliphatic heterocycles. The number of nitrogens with zero attached hydrogens (tertiary/aromatic N) is 1. The number of benzene rings is 1. The van der Waals surface area contributed by atoms with E-state index in [2.05, 4.69) is 0 Å². The summed E-state index contributed by atoms with van der Waals surface area (Å²) in [6, 6.07) is 5.70. The number of carbonyl (C=O) groups is 1. The van der Waals surface area contributed by atoms with E-state index in [4.69, 9.17) is 16.2 Å². The molecule has 1 atom stereocenters. The van der Waals surface area contributed by atoms with Crippen LogP contribution in [0.2, 0.25) is 0 Å². The van der Waals surface area contributed by atoms with Crippen molar-refractivity contribution in [3.8, 4) is 5.75 Å². The molecule has 0 fully saturated rings. The van der Waals surface area contributed by atoms with E-state index in [0.29, 0.717) is 19.6 Å². The second kappa shape index (κ2) is 5.37. The predicted molar refractivity (Wildman–Crippen MR) is 70.4 cm³/mol. The fourth-order valence-electron chi connectivity index (χ4n) is 2.06. The smallest absolute Gasteiger partial charge is 0.267 e. The highest BCUT2D eigenvalue weighted by atomic mass is 16.5. The van der Waals surface area contributed by atoms with Crippen LogP contribution in [-0.2, 0) is 11.3 Å². The third-order valence-electron chi connectivity index (χ3n) is 3.05. The van der Waals surface area contributed by atoms with Crippen LogP contribution in [0, 0.1) is 0 Å². The first-order chi connectivity index (χ1) is 8.67. The quantitative estimate of drug-likeness (QED) is 0.819. The van der Waals surface area contributed by atoms with Gasteiger partial charge in [-0.3, -0.25) is 4.79 Å². The standard InChI is InChI=1S/C13H19N3O2/c1-9-13(17)16(6-2-5-14)11-7-10(8-15)3-4-12(11)18-9/h3-4,7,9H,2,5-6,8,14-15H2,1H3. The molecule has 4 N–H and O–H groups in total. The Kier molecular flexibility index (Phi) is 3.84. The zero-order valence-corrected chi connectivity index (χ0v) is 10.6. The predicted octanol–water partition coefficient (Wildman–Crippen LogP) is 0.608. The largest absolute Gasteiger partial charge is 0.479 e. The van der Waals surface area contributed by atoms with Crippen LogP contribution in [0.15, 0.2) is 18.2 Å². The average Bonchev–Trinajstić information content (AvgIpc) is 2.39. The molecular weight excluding hydrogens is 230 g/mol. The molecule has 1 unspecified atom stereocenters. The molecule has 0 aliphatic carbocycles. The summed E-state index contributed by atoms with van der Waals surface area (Å²) in [5.41, 5.74) is 12.9. The molecular formula is C13H19N3O2. The minimum Gasteiger partial charge on any atom is -0.479 e. The van der Waals surface area contributed by atoms with Crippen LogP contribution in [0.5, 0.6) is 5.75 Å². The first-order valence-corrected chi connectivity index (χ1v) is 6.18. The van der Waals surface area contributed by atoms with Crippen molar-refractivity contribution in [2.24, 2.45) is 11.5 Å². The van der Waals surface area contributed by atoms with Crippen molar-refractivity contribution in [1.82, 2.24) is 0 Å². The number of hydrogen-bond acceptors (Lipinski definition) is 4. The van der Waals surface area contributed by atoms with Crippen LogP contribution in [0.1, 0.15) is 18.9 Å². The third-order valence-corrected chi connectivity index (χ3v) is 3.05. The molecule has 0 radical (unpaired) electrons. The molecule has 0 saturated carbocycles. The van der Waals surface area contributed by atoms with Crippen LogP contribution in [0.3, 0.4) is 0 Å². The van der Waals surface area contributed by atoms with Crippen LogP contribution in [0.4, 0.5) is 5.69 Å². The maximum atomic E-state index is 12.1. The van der Waals surface area contributed by atoms with Gasteiger partial charge in [0.1, 0.15) is 5.75 Å². The molecule has 0 bridgehead atoms. The number of ether oxygens (including phenoxy) is 1. The van der Waals surface area contributed by atoms with Gasteiger partial charge in [-0.1, -0.05) is 6.07 Å². The van der Waals surface area contributed by atoms with Crippen molar-refractivity contribution in [2.75, 3.05) is 18.0 Å². The highest BCUT2D eigenvalue weighted by Crippen LogP contribution is 2.34. The summed E-state index contributed by atoms with van der Waals surface area (Å²) < 4.78 is 5.59. The Labute approximate surface area is 107 Å². The molecule has 0 aromatic heterocycles. The van der Waals surface area contributed by atoms with E-state index in [9.17, 15) is 4.79 Å². The molecule has 18 heavy (non-hydrogen) atoms. The number of hydrogen-bond donors (Lipinski definition) is 2. The lowest BCUT2D eigenvalue weighted by atomic mass is 10.1. The van der Waals surface area contributed by atoms with E-state index in [1.165, 1.54) is 0 Å². The highest BCUT2D eigenvalue weighted by Gasteiger charge is 2.30. The Morgan fingerprint density at radius 2 is 2.17 bits per heavy atom. The van der Waals surface area contributed by atoms with Gasteiger partial charge in [0.15, 0.2) is 6.10 Å². The van der Waals surface area contributed by atoms with Crippen LogP contribution < -0.4 is 21.1 Å². The molecule has 1 amide bonds. The summed E-state index contributed by atoms with van der Waals surface area (Å²) in [6.07, 6.45) is 0.323. The van der Waals surface area contributed by atoms with Crippen molar-refractivity contribution >= 4 is 11.6 Å². The summed E-state index contributed by atoms with van der Waals surface area (Å²) in [4.78, 5) is 13.9. The van der Waals surface area contributed by atoms with Crippen molar-refractivity contribution < 1.29 is 9.53 Å². The van der Waals surface area contributed by atoms with Gasteiger partial charge in [0.25, 0.3) is 5.91 Å². The number of carbonyl (C=O) groups excluding carboxylic acids is 1. The number of amides is 1. The molecule has 2 rings (SSSR count). The maximum Gasteiger partial charge on any atom is 0.267 e. The van der Waals surface area contributed by atoms with Gasteiger partial charge in [-0.25, -0.2) is 0 Å². The van der Waals surface area contributed by atoms with Gasteiger partial charge in [-0.05, 0) is 37.6 Å². The summed E-state index contributed by atoms with van der Waals surface area (Å²) in [6.45, 7) is 3.38. The van der Waals surface area contributed by atoms with Crippen LogP contribution in [0.25, 0.3) is 0 Å². The number of fused-ring (bicyclic) bond motifs is 1. The molecule has 1 aromatic carbocycles. The molecule has 1 heterocycles. The van der Waals surface area contributed by atoms with Crippen LogP contribution in [-0.4, -0.2) is 25.1 Å². The molecule has 98 valence electrons. The minimum absolute atomic E-state index is 0.0230. The van der Waals surface area contributed by atoms with Crippen LogP contribution >= 0.6 is 0 Å². The fourth-order valence-corrected chi connectivity index (χ4v) is 2.06. The Bertz CT molecular complexity index is 448. The second-order valence-electron chi connectivity index (χ2n) is 4.40. The first-order valence-electron chi connectivity index (χ1n) is 6.18. The Balaban J connectivity index is 2.36. The minimum atomic E-state index is -0.445. The zero-order chi connectivity index (χ0) is 13.1. The van der Waals surface area contributed by atoms with E-state index < -0.39 is 6.10 Å². The van der Waals surface area contributed by atoms with Gasteiger partial charge in [-0.15, -0.1) is 0 Å². The van der Waals surface area contributed by atoms with Gasteiger partial charge in [-0.2, -0.15) is 0 Å². The molecule has 1 aliphatic rings. The monoisotopic (exact) mass is 249 g/mol. The molecule has 0 saturated heterocycles. The topological polar surface area (TPSA) is 81.6 Å². The lowest BCUT2D eigenvalue weighted by Gasteiger charge is -2.33. The van der Waals surface area contributed by atoms with Crippen molar-refractivity contribution in [3.05, 3.63) is 23.8 Å². The van der Waals surface area contributed by atoms with Crippen molar-refractivity contribution in [3.63, 3.8) is 0 Å². The average molecular weight is 249 g/mol. The maximum absolute atomic E-state index is 12.1. The van der Waals surface area contributed by atoms with E-state index >= 15 is 0 Å². The Morgan fingerprint density at radius 1 is 1.39 bits per heavy atom. The van der Waals surface area contributed by atoms with Gasteiger partial charge >= 0.3 is 0 Å². The van der Waals surface area contributed by atoms with Gasteiger partial charge in [0.05, 0.1) is 5.69 Å². The molecule has 1 aromatic rings. The summed E-state index contributed by atoms with van der Waals surface area (Å²) in [7, 11) is 0. The van der Waals surface area contributed by atoms with Gasteiger partial charge in [0.2, 0.25) is 0 Å². The fraction of sp³-hybridized carbons (Fsp3) is 0.462. The normalized spacial score (nSPS) is 18.5. The molecule has 5 heteroatoms. The third kappa shape index (κ3) is 2.32. The first kappa shape index (κ1) is 12.9. The number of rotatable bonds is 4. The van der Waals surface area contributed by atoms with E-state index in [1.807, 2.05) is 18.2 Å². The molecule has 0 spiro atoms. The summed E-state index contributed by atoms with van der Waals surface area (Å²) in [5.74, 6) is 0.710. The van der Waals surface area contributed by atoms with E-state index in [1.54, 1.807) is 11.8 Å². The zero-order valence-electron chi connectivity index (χ0n) is 10.6. The van der Waals surface area contributed by atoms with Crippen molar-refractivity contribution in [2.45, 2.75) is 26.0 Å². The summed E-state index contributed by atoms with van der Waals surface area (Å²) >= 11 is 0. The summed E-state index contributed by atoms with van der Waals surface area (Å²) in [5, 5.41) is 0. The SMILES string of the molecule is CC1Oc2ccc(CN)cc2N(CCCN)C1=O. The highest BCUT2D eigenvalue weighted by molar-refractivity contribution is 5.99. The van der Waals surface area contributed by atoms with E-state index in [-0.39, 0.29) is 5.91 Å². The molecule has 5 nitrogen and oxygen atoms in total. The van der Waals surface area contributed by atoms with Gasteiger partial charge in [0, 0.05) is 13.1 Å². The number of nitrogens with two attached hydrogens (primary N) is 2. The second-order valence-corrected chi connectivity index (χ2v) is 4.40.